The van der Waals surface area contributed by atoms with E-state index in [1.54, 1.807) is 18.2 Å². The van der Waals surface area contributed by atoms with Crippen LogP contribution in [-0.2, 0) is 6.54 Å². The van der Waals surface area contributed by atoms with E-state index in [1.165, 1.54) is 12.1 Å². The molecule has 0 radical (unpaired) electrons. The van der Waals surface area contributed by atoms with E-state index in [0.29, 0.717) is 26.8 Å². The Labute approximate surface area is 128 Å². The van der Waals surface area contributed by atoms with Crippen molar-refractivity contribution in [2.24, 2.45) is 0 Å². The summed E-state index contributed by atoms with van der Waals surface area (Å²) in [6.07, 6.45) is 0. The third kappa shape index (κ3) is 2.57. The van der Waals surface area contributed by atoms with Crippen LogP contribution >= 0.6 is 34.9 Å². The van der Waals surface area contributed by atoms with Crippen molar-refractivity contribution in [3.63, 3.8) is 0 Å². The quantitative estimate of drug-likeness (QED) is 0.754. The van der Waals surface area contributed by atoms with Crippen molar-refractivity contribution in [1.29, 1.82) is 0 Å². The van der Waals surface area contributed by atoms with Crippen molar-refractivity contribution in [1.82, 2.24) is 8.75 Å². The summed E-state index contributed by atoms with van der Waals surface area (Å²) in [4.78, 5) is 0. The number of rotatable bonds is 3. The van der Waals surface area contributed by atoms with Gasteiger partial charge in [-0.2, -0.15) is 8.75 Å². The van der Waals surface area contributed by atoms with Crippen LogP contribution in [0.25, 0.3) is 11.0 Å². The van der Waals surface area contributed by atoms with Crippen molar-refractivity contribution in [2.45, 2.75) is 6.54 Å². The second kappa shape index (κ2) is 5.52. The van der Waals surface area contributed by atoms with E-state index >= 15 is 0 Å². The number of halogens is 3. The average Bonchev–Trinajstić information content (AvgIpc) is 2.90. The molecule has 3 nitrogen and oxygen atoms in total. The maximum absolute atomic E-state index is 13.7. The highest BCUT2D eigenvalue weighted by atomic mass is 35.5. The minimum absolute atomic E-state index is 0.267. The number of hydrogen-bond donors (Lipinski definition) is 1. The Balaban J connectivity index is 1.92. The predicted octanol–water partition coefficient (Wildman–Crippen LogP) is 4.75. The van der Waals surface area contributed by atoms with E-state index in [4.69, 9.17) is 23.2 Å². The first-order chi connectivity index (χ1) is 9.65. The van der Waals surface area contributed by atoms with Crippen molar-refractivity contribution in [3.05, 3.63) is 51.8 Å². The third-order valence-corrected chi connectivity index (χ3v) is 3.93. The fraction of sp³-hybridized carbons (Fsp3) is 0.0769. The zero-order chi connectivity index (χ0) is 14.1. The lowest BCUT2D eigenvalue weighted by Gasteiger charge is -2.10. The fourth-order valence-corrected chi connectivity index (χ4v) is 2.81. The first kappa shape index (κ1) is 13.5. The number of nitrogens with one attached hydrogen (secondary N) is 1. The lowest BCUT2D eigenvalue weighted by molar-refractivity contribution is 0.613. The summed E-state index contributed by atoms with van der Waals surface area (Å²) >= 11 is 13.1. The monoisotopic (exact) mass is 327 g/mol. The van der Waals surface area contributed by atoms with Crippen LogP contribution in [0.15, 0.2) is 30.3 Å². The molecule has 7 heteroatoms. The molecule has 0 saturated carbocycles. The van der Waals surface area contributed by atoms with Gasteiger partial charge in [-0.15, -0.1) is 0 Å². The molecule has 1 N–H and O–H groups in total. The highest BCUT2D eigenvalue weighted by molar-refractivity contribution is 7.00. The Hall–Kier alpha value is -1.43. The third-order valence-electron chi connectivity index (χ3n) is 2.84. The zero-order valence-corrected chi connectivity index (χ0v) is 12.4. The van der Waals surface area contributed by atoms with Crippen LogP contribution in [0, 0.1) is 5.82 Å². The van der Waals surface area contributed by atoms with Gasteiger partial charge in [-0.1, -0.05) is 23.2 Å². The molecule has 0 saturated heterocycles. The Morgan fingerprint density at radius 1 is 1.15 bits per heavy atom. The van der Waals surface area contributed by atoms with Gasteiger partial charge in [0.05, 0.1) is 22.4 Å². The molecule has 0 aliphatic carbocycles. The number of benzene rings is 2. The van der Waals surface area contributed by atoms with Gasteiger partial charge in [0.2, 0.25) is 0 Å². The van der Waals surface area contributed by atoms with E-state index < -0.39 is 0 Å². The molecule has 0 atom stereocenters. The Bertz CT molecular complexity index is 775. The van der Waals surface area contributed by atoms with Crippen LogP contribution in [0.5, 0.6) is 0 Å². The Morgan fingerprint density at radius 2 is 2.00 bits per heavy atom. The number of anilines is 1. The van der Waals surface area contributed by atoms with E-state index in [-0.39, 0.29) is 12.4 Å². The SMILES string of the molecule is Fc1ccc(Cl)cc1CNc1c(Cl)ccc2nsnc12. The topological polar surface area (TPSA) is 37.8 Å². The van der Waals surface area contributed by atoms with Crippen LogP contribution in [0.1, 0.15) is 5.56 Å². The highest BCUT2D eigenvalue weighted by Gasteiger charge is 2.11. The van der Waals surface area contributed by atoms with Crippen molar-refractivity contribution < 1.29 is 4.39 Å². The molecule has 0 spiro atoms. The highest BCUT2D eigenvalue weighted by Crippen LogP contribution is 2.30. The second-order valence-electron chi connectivity index (χ2n) is 4.14. The molecule has 2 aromatic carbocycles. The molecule has 1 aromatic heterocycles. The lowest BCUT2D eigenvalue weighted by Crippen LogP contribution is -2.03. The molecule has 102 valence electrons. The first-order valence-corrected chi connectivity index (χ1v) is 7.22. The van der Waals surface area contributed by atoms with Gasteiger partial charge in [0, 0.05) is 17.1 Å². The van der Waals surface area contributed by atoms with Gasteiger partial charge in [-0.25, -0.2) is 4.39 Å². The number of fused-ring (bicyclic) bond motifs is 1. The van der Waals surface area contributed by atoms with Gasteiger partial charge in [0.1, 0.15) is 16.9 Å². The van der Waals surface area contributed by atoms with E-state index in [9.17, 15) is 4.39 Å². The first-order valence-electron chi connectivity index (χ1n) is 5.74. The summed E-state index contributed by atoms with van der Waals surface area (Å²) in [5.74, 6) is -0.318. The standard InChI is InChI=1S/C13H8Cl2FN3S/c14-8-1-3-10(16)7(5-8)6-17-12-9(15)2-4-11-13(12)19-20-18-11/h1-5,17H,6H2. The molecule has 0 bridgehead atoms. The normalized spacial score (nSPS) is 10.9. The van der Waals surface area contributed by atoms with Gasteiger partial charge in [-0.05, 0) is 30.3 Å². The largest absolute Gasteiger partial charge is 0.378 e. The van der Waals surface area contributed by atoms with E-state index in [0.717, 1.165) is 17.2 Å². The maximum atomic E-state index is 13.7. The van der Waals surface area contributed by atoms with Crippen molar-refractivity contribution >= 4 is 51.7 Å². The summed E-state index contributed by atoms with van der Waals surface area (Å²) in [6.45, 7) is 0.267. The van der Waals surface area contributed by atoms with Crippen LogP contribution < -0.4 is 5.32 Å². The van der Waals surface area contributed by atoms with Crippen molar-refractivity contribution in [3.8, 4) is 0 Å². The molecule has 0 amide bonds. The Morgan fingerprint density at radius 3 is 2.85 bits per heavy atom. The molecule has 1 heterocycles. The van der Waals surface area contributed by atoms with Crippen LogP contribution in [0.2, 0.25) is 10.0 Å². The summed E-state index contributed by atoms with van der Waals surface area (Å²) in [7, 11) is 0. The summed E-state index contributed by atoms with van der Waals surface area (Å²) < 4.78 is 22.0. The van der Waals surface area contributed by atoms with E-state index in [2.05, 4.69) is 14.1 Å². The van der Waals surface area contributed by atoms with E-state index in [1.807, 2.05) is 0 Å². The van der Waals surface area contributed by atoms with Gasteiger partial charge < -0.3 is 5.32 Å². The number of aromatic nitrogens is 2. The molecule has 20 heavy (non-hydrogen) atoms. The molecule has 3 aromatic rings. The van der Waals surface area contributed by atoms with Crippen LogP contribution in [-0.4, -0.2) is 8.75 Å². The van der Waals surface area contributed by atoms with Crippen molar-refractivity contribution in [2.75, 3.05) is 5.32 Å². The molecular weight excluding hydrogens is 320 g/mol. The summed E-state index contributed by atoms with van der Waals surface area (Å²) in [5.41, 5.74) is 2.56. The zero-order valence-electron chi connectivity index (χ0n) is 10.0. The summed E-state index contributed by atoms with van der Waals surface area (Å²) in [5, 5.41) is 4.11. The maximum Gasteiger partial charge on any atom is 0.129 e. The molecule has 0 unspecified atom stereocenters. The molecular formula is C13H8Cl2FN3S. The van der Waals surface area contributed by atoms with Gasteiger partial charge in [0.25, 0.3) is 0 Å². The average molecular weight is 328 g/mol. The lowest BCUT2D eigenvalue weighted by atomic mass is 10.2. The van der Waals surface area contributed by atoms with Gasteiger partial charge in [-0.3, -0.25) is 0 Å². The van der Waals surface area contributed by atoms with Gasteiger partial charge >= 0.3 is 0 Å². The predicted molar refractivity (Wildman–Crippen MR) is 81.2 cm³/mol. The minimum Gasteiger partial charge on any atom is -0.378 e. The fourth-order valence-electron chi connectivity index (χ4n) is 1.86. The number of nitrogens with zero attached hydrogens (tertiary/aromatic N) is 2. The van der Waals surface area contributed by atoms with Gasteiger partial charge in [0.15, 0.2) is 0 Å². The Kier molecular flexibility index (Phi) is 3.74. The molecule has 0 aliphatic rings. The molecule has 0 aliphatic heterocycles. The van der Waals surface area contributed by atoms with Crippen LogP contribution in [0.4, 0.5) is 10.1 Å². The smallest absolute Gasteiger partial charge is 0.129 e. The van der Waals surface area contributed by atoms with Crippen LogP contribution in [0.3, 0.4) is 0 Å². The second-order valence-corrected chi connectivity index (χ2v) is 5.52. The summed E-state index contributed by atoms with van der Waals surface area (Å²) in [6, 6.07) is 7.97. The molecule has 3 rings (SSSR count). The minimum atomic E-state index is -0.318. The molecule has 0 fully saturated rings. The number of hydrogen-bond acceptors (Lipinski definition) is 4.